The topological polar surface area (TPSA) is 38.3 Å². The Morgan fingerprint density at radius 2 is 1.72 bits per heavy atom. The molecule has 0 radical (unpaired) electrons. The van der Waals surface area contributed by atoms with E-state index in [0.717, 1.165) is 12.8 Å². The number of hydrogen-bond acceptors (Lipinski definition) is 3. The molecule has 1 N–H and O–H groups in total. The van der Waals surface area contributed by atoms with Gasteiger partial charge >= 0.3 is 5.97 Å². The SMILES string of the molecule is CCC(CC)C(NC1CCCCCC1)C(=O)OC. The highest BCUT2D eigenvalue weighted by Gasteiger charge is 2.29. The fraction of sp³-hybridized carbons (Fsp3) is 0.933. The van der Waals surface area contributed by atoms with Gasteiger partial charge in [0.2, 0.25) is 0 Å². The normalized spacial score (nSPS) is 19.6. The van der Waals surface area contributed by atoms with Crippen molar-refractivity contribution >= 4 is 5.97 Å². The van der Waals surface area contributed by atoms with Crippen molar-refractivity contribution in [3.8, 4) is 0 Å². The van der Waals surface area contributed by atoms with Gasteiger partial charge in [0.15, 0.2) is 0 Å². The second kappa shape index (κ2) is 8.52. The monoisotopic (exact) mass is 255 g/mol. The number of methoxy groups -OCH3 is 1. The Morgan fingerprint density at radius 1 is 1.17 bits per heavy atom. The minimum Gasteiger partial charge on any atom is -0.468 e. The summed E-state index contributed by atoms with van der Waals surface area (Å²) in [5, 5.41) is 3.57. The highest BCUT2D eigenvalue weighted by Crippen LogP contribution is 2.21. The number of rotatable bonds is 6. The van der Waals surface area contributed by atoms with Crippen LogP contribution in [0.25, 0.3) is 0 Å². The van der Waals surface area contributed by atoms with Gasteiger partial charge in [-0.3, -0.25) is 4.79 Å². The van der Waals surface area contributed by atoms with Gasteiger partial charge in [-0.15, -0.1) is 0 Å². The van der Waals surface area contributed by atoms with E-state index in [1.54, 1.807) is 0 Å². The van der Waals surface area contributed by atoms with Crippen molar-refractivity contribution in [2.75, 3.05) is 7.11 Å². The molecule has 3 nitrogen and oxygen atoms in total. The van der Waals surface area contributed by atoms with Crippen molar-refractivity contribution in [1.82, 2.24) is 5.32 Å². The quantitative estimate of drug-likeness (QED) is 0.585. The summed E-state index contributed by atoms with van der Waals surface area (Å²) in [6.45, 7) is 4.30. The molecule has 0 spiro atoms. The van der Waals surface area contributed by atoms with Gasteiger partial charge in [-0.25, -0.2) is 0 Å². The van der Waals surface area contributed by atoms with E-state index in [2.05, 4.69) is 19.2 Å². The smallest absolute Gasteiger partial charge is 0.323 e. The molecule has 1 aliphatic rings. The van der Waals surface area contributed by atoms with E-state index in [9.17, 15) is 4.79 Å². The minimum absolute atomic E-state index is 0.0899. The number of ether oxygens (including phenoxy) is 1. The highest BCUT2D eigenvalue weighted by molar-refractivity contribution is 5.76. The van der Waals surface area contributed by atoms with Crippen LogP contribution in [0.15, 0.2) is 0 Å². The summed E-state index contributed by atoms with van der Waals surface area (Å²) in [5.41, 5.74) is 0. The number of carbonyl (C=O) groups is 1. The van der Waals surface area contributed by atoms with Crippen LogP contribution in [0.3, 0.4) is 0 Å². The maximum Gasteiger partial charge on any atom is 0.323 e. The molecule has 1 unspecified atom stereocenters. The van der Waals surface area contributed by atoms with Gasteiger partial charge < -0.3 is 10.1 Å². The number of carbonyl (C=O) groups excluding carboxylic acids is 1. The third-order valence-electron chi connectivity index (χ3n) is 4.25. The molecule has 0 amide bonds. The lowest BCUT2D eigenvalue weighted by Crippen LogP contribution is -2.48. The minimum atomic E-state index is -0.118. The van der Waals surface area contributed by atoms with Crippen LogP contribution in [0.4, 0.5) is 0 Å². The van der Waals surface area contributed by atoms with Crippen LogP contribution < -0.4 is 5.32 Å². The van der Waals surface area contributed by atoms with Gasteiger partial charge in [-0.2, -0.15) is 0 Å². The lowest BCUT2D eigenvalue weighted by molar-refractivity contribution is -0.145. The van der Waals surface area contributed by atoms with Gasteiger partial charge in [0, 0.05) is 6.04 Å². The second-order valence-electron chi connectivity index (χ2n) is 5.43. The first-order chi connectivity index (χ1) is 8.72. The van der Waals surface area contributed by atoms with E-state index in [4.69, 9.17) is 4.74 Å². The summed E-state index contributed by atoms with van der Waals surface area (Å²) in [4.78, 5) is 11.9. The van der Waals surface area contributed by atoms with Crippen molar-refractivity contribution in [3.05, 3.63) is 0 Å². The summed E-state index contributed by atoms with van der Waals surface area (Å²) >= 11 is 0. The maximum atomic E-state index is 11.9. The molecular weight excluding hydrogens is 226 g/mol. The molecule has 0 aromatic rings. The predicted molar refractivity (Wildman–Crippen MR) is 74.5 cm³/mol. The molecule has 0 heterocycles. The Balaban J connectivity index is 2.61. The van der Waals surface area contributed by atoms with Gasteiger partial charge in [-0.05, 0) is 18.8 Å². The lowest BCUT2D eigenvalue weighted by atomic mass is 9.92. The Bertz CT molecular complexity index is 231. The zero-order valence-electron chi connectivity index (χ0n) is 12.2. The fourth-order valence-electron chi connectivity index (χ4n) is 2.98. The van der Waals surface area contributed by atoms with E-state index in [1.807, 2.05) is 0 Å². The molecule has 1 atom stereocenters. The van der Waals surface area contributed by atoms with E-state index in [0.29, 0.717) is 12.0 Å². The predicted octanol–water partition coefficient (Wildman–Crippen LogP) is 3.28. The van der Waals surface area contributed by atoms with Gasteiger partial charge in [0.05, 0.1) is 7.11 Å². The third kappa shape index (κ3) is 4.60. The maximum absolute atomic E-state index is 11.9. The Labute approximate surface area is 112 Å². The van der Waals surface area contributed by atoms with Crippen LogP contribution >= 0.6 is 0 Å². The first-order valence-electron chi connectivity index (χ1n) is 7.56. The van der Waals surface area contributed by atoms with Gasteiger partial charge in [0.25, 0.3) is 0 Å². The van der Waals surface area contributed by atoms with E-state index >= 15 is 0 Å². The van der Waals surface area contributed by atoms with E-state index in [-0.39, 0.29) is 12.0 Å². The first-order valence-corrected chi connectivity index (χ1v) is 7.56. The molecule has 18 heavy (non-hydrogen) atoms. The van der Waals surface area contributed by atoms with Crippen molar-refractivity contribution < 1.29 is 9.53 Å². The Hall–Kier alpha value is -0.570. The molecule has 106 valence electrons. The van der Waals surface area contributed by atoms with Crippen molar-refractivity contribution in [1.29, 1.82) is 0 Å². The molecule has 0 aromatic heterocycles. The van der Waals surface area contributed by atoms with Crippen LogP contribution in [0.2, 0.25) is 0 Å². The summed E-state index contributed by atoms with van der Waals surface area (Å²) in [6.07, 6.45) is 9.70. The molecule has 0 bridgehead atoms. The molecular formula is C15H29NO2. The summed E-state index contributed by atoms with van der Waals surface area (Å²) in [7, 11) is 1.49. The number of esters is 1. The summed E-state index contributed by atoms with van der Waals surface area (Å²) in [6, 6.07) is 0.380. The molecule has 1 saturated carbocycles. The van der Waals surface area contributed by atoms with Crippen molar-refractivity contribution in [3.63, 3.8) is 0 Å². The van der Waals surface area contributed by atoms with Gasteiger partial charge in [-0.1, -0.05) is 52.4 Å². The summed E-state index contributed by atoms with van der Waals surface area (Å²) < 4.78 is 4.97. The zero-order chi connectivity index (χ0) is 13.4. The highest BCUT2D eigenvalue weighted by atomic mass is 16.5. The van der Waals surface area contributed by atoms with Crippen molar-refractivity contribution in [2.45, 2.75) is 77.3 Å². The van der Waals surface area contributed by atoms with Crippen LogP contribution in [-0.4, -0.2) is 25.2 Å². The van der Waals surface area contributed by atoms with Crippen LogP contribution in [0.1, 0.15) is 65.2 Å². The first kappa shape index (κ1) is 15.5. The summed E-state index contributed by atoms with van der Waals surface area (Å²) in [5.74, 6) is 0.300. The van der Waals surface area contributed by atoms with Crippen LogP contribution in [0.5, 0.6) is 0 Å². The molecule has 1 aliphatic carbocycles. The van der Waals surface area contributed by atoms with E-state index in [1.165, 1.54) is 45.6 Å². The lowest BCUT2D eigenvalue weighted by Gasteiger charge is -2.28. The standard InChI is InChI=1S/C15H29NO2/c1-4-12(5-2)14(15(17)18-3)16-13-10-8-6-7-9-11-13/h12-14,16H,4-11H2,1-3H3. The molecule has 0 aliphatic heterocycles. The molecule has 1 rings (SSSR count). The van der Waals surface area contributed by atoms with Gasteiger partial charge in [0.1, 0.15) is 6.04 Å². The largest absolute Gasteiger partial charge is 0.468 e. The zero-order valence-corrected chi connectivity index (χ0v) is 12.2. The van der Waals surface area contributed by atoms with Crippen LogP contribution in [-0.2, 0) is 9.53 Å². The Morgan fingerprint density at radius 3 is 2.17 bits per heavy atom. The second-order valence-corrected chi connectivity index (χ2v) is 5.43. The average molecular weight is 255 g/mol. The fourth-order valence-corrected chi connectivity index (χ4v) is 2.98. The van der Waals surface area contributed by atoms with Crippen LogP contribution in [0, 0.1) is 5.92 Å². The third-order valence-corrected chi connectivity index (χ3v) is 4.25. The molecule has 0 aromatic carbocycles. The number of nitrogens with one attached hydrogen (secondary N) is 1. The Kier molecular flexibility index (Phi) is 7.33. The molecule has 1 fully saturated rings. The molecule has 0 saturated heterocycles. The molecule has 3 heteroatoms. The van der Waals surface area contributed by atoms with Crippen molar-refractivity contribution in [2.24, 2.45) is 5.92 Å². The number of hydrogen-bond donors (Lipinski definition) is 1. The van der Waals surface area contributed by atoms with E-state index < -0.39 is 0 Å². The average Bonchev–Trinajstić information content (AvgIpc) is 2.66.